The molecule has 0 fully saturated rings. The molecule has 0 aliphatic rings. The molecule has 39 heavy (non-hydrogen) atoms. The molecule has 4 aromatic rings. The second-order valence-electron chi connectivity index (χ2n) is 9.78. The molecule has 8 heteroatoms. The van der Waals surface area contributed by atoms with Gasteiger partial charge in [0.15, 0.2) is 0 Å². The molecule has 3 aromatic carbocycles. The van der Waals surface area contributed by atoms with Gasteiger partial charge in [0.05, 0.1) is 28.2 Å². The smallest absolute Gasteiger partial charge is 0.329 e. The van der Waals surface area contributed by atoms with Gasteiger partial charge in [-0.25, -0.2) is 4.98 Å². The minimum absolute atomic E-state index is 0.0580. The number of nitrogens with zero attached hydrogens (tertiary/aromatic N) is 3. The van der Waals surface area contributed by atoms with E-state index < -0.39 is 23.7 Å². The van der Waals surface area contributed by atoms with Crippen LogP contribution < -0.4 is 5.56 Å². The number of benzene rings is 3. The molecular formula is C31H32F3N3O2. The summed E-state index contributed by atoms with van der Waals surface area (Å²) >= 11 is 0. The van der Waals surface area contributed by atoms with Crippen LogP contribution in [-0.2, 0) is 6.18 Å². The summed E-state index contributed by atoms with van der Waals surface area (Å²) in [7, 11) is 0. The number of rotatable bonds is 9. The number of hydrogen-bond donors (Lipinski definition) is 0. The number of aromatic nitrogens is 2. The summed E-state index contributed by atoms with van der Waals surface area (Å²) in [5.74, 6) is -0.191. The van der Waals surface area contributed by atoms with Crippen LogP contribution in [-0.4, -0.2) is 26.9 Å². The van der Waals surface area contributed by atoms with Crippen LogP contribution in [0.25, 0.3) is 16.6 Å². The van der Waals surface area contributed by atoms with E-state index in [0.29, 0.717) is 35.4 Å². The van der Waals surface area contributed by atoms with Crippen LogP contribution in [0.5, 0.6) is 0 Å². The molecule has 1 unspecified atom stereocenters. The molecule has 5 nitrogen and oxygen atoms in total. The average Bonchev–Trinajstić information content (AvgIpc) is 2.92. The van der Waals surface area contributed by atoms with E-state index >= 15 is 0 Å². The topological polar surface area (TPSA) is 55.2 Å². The van der Waals surface area contributed by atoms with Gasteiger partial charge in [-0.05, 0) is 68.3 Å². The summed E-state index contributed by atoms with van der Waals surface area (Å²) in [6.07, 6.45) is -1.06. The predicted molar refractivity (Wildman–Crippen MR) is 147 cm³/mol. The Kier molecular flexibility index (Phi) is 8.53. The Morgan fingerprint density at radius 3 is 2.44 bits per heavy atom. The number of halogens is 3. The van der Waals surface area contributed by atoms with E-state index in [1.165, 1.54) is 21.6 Å². The fourth-order valence-corrected chi connectivity index (χ4v) is 4.76. The lowest BCUT2D eigenvalue weighted by Gasteiger charge is -2.31. The van der Waals surface area contributed by atoms with Gasteiger partial charge in [0.2, 0.25) is 0 Å². The predicted octanol–water partition coefficient (Wildman–Crippen LogP) is 7.50. The van der Waals surface area contributed by atoms with Gasteiger partial charge in [-0.15, -0.1) is 0 Å². The van der Waals surface area contributed by atoms with Crippen molar-refractivity contribution in [3.63, 3.8) is 0 Å². The van der Waals surface area contributed by atoms with Crippen molar-refractivity contribution in [2.75, 3.05) is 6.54 Å². The zero-order valence-electron chi connectivity index (χ0n) is 22.3. The second kappa shape index (κ2) is 11.8. The maximum absolute atomic E-state index is 13.8. The molecule has 0 radical (unpaired) electrons. The number of aryl methyl sites for hydroxylation is 1. The Morgan fingerprint density at radius 2 is 1.72 bits per heavy atom. The van der Waals surface area contributed by atoms with Gasteiger partial charge in [-0.2, -0.15) is 13.2 Å². The second-order valence-corrected chi connectivity index (χ2v) is 9.78. The summed E-state index contributed by atoms with van der Waals surface area (Å²) < 4.78 is 41.8. The van der Waals surface area contributed by atoms with Crippen LogP contribution in [0.4, 0.5) is 13.2 Å². The minimum atomic E-state index is -4.57. The zero-order chi connectivity index (χ0) is 28.2. The fraction of sp³-hybridized carbons (Fsp3) is 0.323. The monoisotopic (exact) mass is 535 g/mol. The van der Waals surface area contributed by atoms with Gasteiger partial charge in [-0.1, -0.05) is 56.5 Å². The molecule has 1 atom stereocenters. The average molecular weight is 536 g/mol. The van der Waals surface area contributed by atoms with Crippen molar-refractivity contribution >= 4 is 16.8 Å². The molecular weight excluding hydrogens is 503 g/mol. The largest absolute Gasteiger partial charge is 0.416 e. The molecule has 0 N–H and O–H groups in total. The Morgan fingerprint density at radius 1 is 0.974 bits per heavy atom. The molecule has 4 rings (SSSR count). The third kappa shape index (κ3) is 6.21. The molecule has 0 aliphatic carbocycles. The van der Waals surface area contributed by atoms with E-state index in [0.717, 1.165) is 37.0 Å². The Balaban J connectivity index is 1.86. The van der Waals surface area contributed by atoms with Crippen molar-refractivity contribution in [1.82, 2.24) is 14.5 Å². The van der Waals surface area contributed by atoms with Gasteiger partial charge >= 0.3 is 6.18 Å². The number of carbonyl (C=O) groups excluding carboxylic acids is 1. The van der Waals surface area contributed by atoms with Crippen molar-refractivity contribution in [1.29, 1.82) is 0 Å². The highest BCUT2D eigenvalue weighted by molar-refractivity contribution is 5.94. The lowest BCUT2D eigenvalue weighted by Crippen LogP contribution is -2.38. The summed E-state index contributed by atoms with van der Waals surface area (Å²) in [5.41, 5.74) is 0.834. The highest BCUT2D eigenvalue weighted by Gasteiger charge is 2.32. The Labute approximate surface area is 225 Å². The first-order valence-corrected chi connectivity index (χ1v) is 13.2. The Bertz CT molecular complexity index is 1530. The van der Waals surface area contributed by atoms with Crippen molar-refractivity contribution in [3.05, 3.63) is 106 Å². The fourth-order valence-electron chi connectivity index (χ4n) is 4.76. The number of para-hydroxylation sites is 1. The van der Waals surface area contributed by atoms with Crippen LogP contribution >= 0.6 is 0 Å². The molecule has 1 aromatic heterocycles. The van der Waals surface area contributed by atoms with E-state index in [1.54, 1.807) is 37.3 Å². The van der Waals surface area contributed by atoms with Crippen LogP contribution in [0.1, 0.15) is 72.9 Å². The molecule has 1 amide bonds. The molecule has 1 heterocycles. The standard InChI is InChI=1S/C31H32F3N3O2/c1-4-5-6-9-18-36(29(38)23-13-11-14-24(20-23)31(32,33)34)22(3)28-35-27-17-8-7-16-26(27)30(39)37(28)25-15-10-12-21(2)19-25/h7-8,10-17,19-20,22H,4-6,9,18H2,1-3H3. The van der Waals surface area contributed by atoms with Crippen LogP contribution in [0.3, 0.4) is 0 Å². The summed E-state index contributed by atoms with van der Waals surface area (Å²) in [4.78, 5) is 33.9. The number of alkyl halides is 3. The van der Waals surface area contributed by atoms with Crippen LogP contribution in [0, 0.1) is 6.92 Å². The highest BCUT2D eigenvalue weighted by Crippen LogP contribution is 2.31. The molecule has 0 spiro atoms. The molecule has 0 saturated carbocycles. The first-order chi connectivity index (χ1) is 18.6. The lowest BCUT2D eigenvalue weighted by molar-refractivity contribution is -0.137. The van der Waals surface area contributed by atoms with E-state index in [2.05, 4.69) is 6.92 Å². The van der Waals surface area contributed by atoms with Crippen molar-refractivity contribution in [2.24, 2.45) is 0 Å². The van der Waals surface area contributed by atoms with Crippen molar-refractivity contribution in [2.45, 2.75) is 58.7 Å². The minimum Gasteiger partial charge on any atom is -0.329 e. The van der Waals surface area contributed by atoms with Gasteiger partial charge in [0, 0.05) is 12.1 Å². The van der Waals surface area contributed by atoms with Gasteiger partial charge in [0.1, 0.15) is 5.82 Å². The molecule has 0 saturated heterocycles. The number of amides is 1. The van der Waals surface area contributed by atoms with E-state index in [1.807, 2.05) is 25.1 Å². The van der Waals surface area contributed by atoms with E-state index in [4.69, 9.17) is 4.98 Å². The number of unbranched alkanes of at least 4 members (excludes halogenated alkanes) is 3. The van der Waals surface area contributed by atoms with Gasteiger partial charge in [0.25, 0.3) is 11.5 Å². The van der Waals surface area contributed by atoms with Crippen LogP contribution in [0.15, 0.2) is 77.6 Å². The molecule has 0 bridgehead atoms. The summed E-state index contributed by atoms with van der Waals surface area (Å²) in [6, 6.07) is 18.2. The maximum Gasteiger partial charge on any atom is 0.416 e. The number of carbonyl (C=O) groups is 1. The van der Waals surface area contributed by atoms with E-state index in [-0.39, 0.29) is 11.1 Å². The molecule has 204 valence electrons. The first-order valence-electron chi connectivity index (χ1n) is 13.2. The normalized spacial score (nSPS) is 12.5. The van der Waals surface area contributed by atoms with Gasteiger partial charge < -0.3 is 4.90 Å². The third-order valence-electron chi connectivity index (χ3n) is 6.85. The van der Waals surface area contributed by atoms with Crippen LogP contribution in [0.2, 0.25) is 0 Å². The van der Waals surface area contributed by atoms with E-state index in [9.17, 15) is 22.8 Å². The first kappa shape index (κ1) is 28.1. The summed E-state index contributed by atoms with van der Waals surface area (Å²) in [5, 5.41) is 0.439. The third-order valence-corrected chi connectivity index (χ3v) is 6.85. The summed E-state index contributed by atoms with van der Waals surface area (Å²) in [6.45, 7) is 6.08. The highest BCUT2D eigenvalue weighted by atomic mass is 19.4. The number of fused-ring (bicyclic) bond motifs is 1. The lowest BCUT2D eigenvalue weighted by atomic mass is 10.1. The van der Waals surface area contributed by atoms with Crippen molar-refractivity contribution < 1.29 is 18.0 Å². The van der Waals surface area contributed by atoms with Crippen molar-refractivity contribution in [3.8, 4) is 5.69 Å². The van der Waals surface area contributed by atoms with Gasteiger partial charge in [-0.3, -0.25) is 14.2 Å². The Hall–Kier alpha value is -3.94. The quantitative estimate of drug-likeness (QED) is 0.209. The zero-order valence-corrected chi connectivity index (χ0v) is 22.3. The molecule has 0 aliphatic heterocycles. The maximum atomic E-state index is 13.8. The number of hydrogen-bond acceptors (Lipinski definition) is 3. The SMILES string of the molecule is CCCCCCN(C(=O)c1cccc(C(F)(F)F)c1)C(C)c1nc2ccccc2c(=O)n1-c1cccc(C)c1.